The number of Topliss-reactive ketones (excluding diaryl/α,β-unsaturated/α-hetero) is 3. The van der Waals surface area contributed by atoms with Gasteiger partial charge in [0.15, 0.2) is 24.1 Å². The lowest BCUT2D eigenvalue weighted by atomic mass is 9.38. The first-order valence-corrected chi connectivity index (χ1v) is 25.3. The smallest absolute Gasteiger partial charge is 0.394 e. The summed E-state index contributed by atoms with van der Waals surface area (Å²) in [5.41, 5.74) is -8.20. The van der Waals surface area contributed by atoms with Gasteiger partial charge in [-0.2, -0.15) is 0 Å². The van der Waals surface area contributed by atoms with E-state index in [4.69, 9.17) is 27.6 Å². The molecule has 0 bridgehead atoms. The molecule has 2 unspecified atom stereocenters. The molecule has 0 aromatic carbocycles. The molecule has 5 fully saturated rings. The van der Waals surface area contributed by atoms with Crippen LogP contribution in [0.2, 0.25) is 0 Å². The molecule has 67 heavy (non-hydrogen) atoms. The van der Waals surface area contributed by atoms with E-state index >= 15 is 0 Å². The van der Waals surface area contributed by atoms with Crippen molar-refractivity contribution in [1.82, 2.24) is 0 Å². The molecule has 0 radical (unpaired) electrons. The molecular weight excluding hydrogens is 934 g/mol. The van der Waals surface area contributed by atoms with E-state index in [-0.39, 0.29) is 37.9 Å². The van der Waals surface area contributed by atoms with Gasteiger partial charge in [0.2, 0.25) is 0 Å². The summed E-state index contributed by atoms with van der Waals surface area (Å²) in [6.07, 6.45) is -20.7. The Labute approximate surface area is 387 Å². The molecule has 25 heteroatoms. The lowest BCUT2D eigenvalue weighted by Crippen LogP contribution is -2.65. The third-order valence-corrected chi connectivity index (χ3v) is 18.5. The molecule has 2 heterocycles. The van der Waals surface area contributed by atoms with Crippen LogP contribution in [-0.4, -0.2) is 176 Å². The number of ether oxygens (including phenoxy) is 2. The highest BCUT2D eigenvalue weighted by Gasteiger charge is 2.75. The van der Waals surface area contributed by atoms with Gasteiger partial charge in [-0.1, -0.05) is 32.4 Å². The molecule has 21 atom stereocenters. The number of aliphatic hydroxyl groups is 10. The van der Waals surface area contributed by atoms with Crippen LogP contribution < -0.4 is 0 Å². The van der Waals surface area contributed by atoms with Gasteiger partial charge in [0, 0.05) is 29.6 Å². The van der Waals surface area contributed by atoms with Crippen molar-refractivity contribution in [3.63, 3.8) is 0 Å². The normalized spacial score (nSPS) is 46.0. The van der Waals surface area contributed by atoms with E-state index in [2.05, 4.69) is 0 Å². The number of phosphoric ester groups is 2. The lowest BCUT2D eigenvalue weighted by Gasteiger charge is -2.64. The van der Waals surface area contributed by atoms with Crippen LogP contribution >= 0.6 is 15.6 Å². The summed E-state index contributed by atoms with van der Waals surface area (Å²) in [6.45, 7) is 10.7. The lowest BCUT2D eigenvalue weighted by molar-refractivity contribution is -0.282. The van der Waals surface area contributed by atoms with Crippen molar-refractivity contribution in [3.05, 3.63) is 11.6 Å². The second kappa shape index (κ2) is 18.5. The number of hydrogen-bond donors (Lipinski definition) is 12. The van der Waals surface area contributed by atoms with Gasteiger partial charge in [-0.3, -0.25) is 32.5 Å². The molecule has 0 aromatic rings. The molecule has 0 aromatic heterocycles. The fourth-order valence-corrected chi connectivity index (χ4v) is 14.6. The van der Waals surface area contributed by atoms with Crippen LogP contribution in [0, 0.1) is 39.4 Å². The first-order chi connectivity index (χ1) is 30.6. The van der Waals surface area contributed by atoms with E-state index in [0.29, 0.717) is 5.57 Å². The van der Waals surface area contributed by atoms with E-state index in [0.717, 1.165) is 0 Å². The average Bonchev–Trinajstić information content (AvgIpc) is 3.42. The van der Waals surface area contributed by atoms with Gasteiger partial charge in [-0.05, 0) is 83.0 Å². The number of carbonyl (C=O) groups excluding carboxylic acids is 3. The first-order valence-electron chi connectivity index (χ1n) is 22.3. The van der Waals surface area contributed by atoms with Gasteiger partial charge in [-0.15, -0.1) is 0 Å². The Kier molecular flexibility index (Phi) is 15.1. The Bertz CT molecular complexity index is 2040. The van der Waals surface area contributed by atoms with E-state index in [1.807, 2.05) is 13.0 Å². The molecule has 6 aliphatic rings. The molecule has 0 amide bonds. The third-order valence-electron chi connectivity index (χ3n) is 16.3. The quantitative estimate of drug-likeness (QED) is 0.0694. The van der Waals surface area contributed by atoms with E-state index in [9.17, 15) is 84.4 Å². The number of rotatable bonds is 15. The van der Waals surface area contributed by atoms with Crippen LogP contribution in [0.3, 0.4) is 0 Å². The van der Waals surface area contributed by atoms with Gasteiger partial charge >= 0.3 is 15.6 Å². The minimum atomic E-state index is -5.35. The summed E-state index contributed by atoms with van der Waals surface area (Å²) >= 11 is 0. The largest absolute Gasteiger partial charge is 0.475 e. The fourth-order valence-electron chi connectivity index (χ4n) is 12.4. The molecule has 2 aliphatic heterocycles. The number of hydrogen-bond acceptors (Lipinski definition) is 21. The monoisotopic (exact) mass is 1000 g/mol. The number of ketones is 3. The highest BCUT2D eigenvalue weighted by molar-refractivity contribution is 7.47. The van der Waals surface area contributed by atoms with Crippen molar-refractivity contribution < 1.29 is 112 Å². The summed E-state index contributed by atoms with van der Waals surface area (Å²) in [4.78, 5) is 64.7. The molecule has 12 N–H and O–H groups in total. The maximum Gasteiger partial charge on any atom is 0.475 e. The summed E-state index contributed by atoms with van der Waals surface area (Å²) < 4.78 is 57.8. The Morgan fingerprint density at radius 2 is 1.28 bits per heavy atom. The second-order valence-electron chi connectivity index (χ2n) is 21.3. The molecule has 2 saturated heterocycles. The van der Waals surface area contributed by atoms with Gasteiger partial charge in [0.1, 0.15) is 66.3 Å². The summed E-state index contributed by atoms with van der Waals surface area (Å²) in [6, 6.07) is 0. The van der Waals surface area contributed by atoms with Crippen LogP contribution in [0.15, 0.2) is 11.6 Å². The van der Waals surface area contributed by atoms with Gasteiger partial charge < -0.3 is 70.3 Å². The van der Waals surface area contributed by atoms with Gasteiger partial charge in [0.25, 0.3) is 0 Å². The maximum atomic E-state index is 15.0. The van der Waals surface area contributed by atoms with E-state index in [1.165, 1.54) is 20.8 Å². The van der Waals surface area contributed by atoms with Gasteiger partial charge in [-0.25, -0.2) is 9.13 Å². The molecule has 6 rings (SSSR count). The topological polar surface area (TPSA) is 383 Å². The minimum absolute atomic E-state index is 0.0274. The van der Waals surface area contributed by atoms with Crippen molar-refractivity contribution >= 4 is 33.0 Å². The predicted molar refractivity (Wildman–Crippen MR) is 225 cm³/mol. The molecule has 0 spiro atoms. The third kappa shape index (κ3) is 9.42. The Balaban J connectivity index is 1.19. The van der Waals surface area contributed by atoms with Crippen molar-refractivity contribution in [2.75, 3.05) is 13.2 Å². The Hall–Kier alpha value is -1.51. The number of phosphoric acid groups is 2. The highest BCUT2D eigenvalue weighted by Crippen LogP contribution is 2.74. The molecule has 384 valence electrons. The zero-order valence-electron chi connectivity index (χ0n) is 38.6. The number of allylic oxidation sites excluding steroid dienone is 2. The van der Waals surface area contributed by atoms with Crippen LogP contribution in [0.1, 0.15) is 93.9 Å². The Morgan fingerprint density at radius 1 is 0.776 bits per heavy atom. The first kappa shape index (κ1) is 54.8. The van der Waals surface area contributed by atoms with Crippen LogP contribution in [-0.2, 0) is 51.1 Å². The van der Waals surface area contributed by atoms with Crippen molar-refractivity contribution in [3.8, 4) is 0 Å². The zero-order valence-corrected chi connectivity index (χ0v) is 40.4. The second-order valence-corrected chi connectivity index (χ2v) is 23.9. The average molecular weight is 1000 g/mol. The summed E-state index contributed by atoms with van der Waals surface area (Å²) in [5.74, 6) is -4.32. The number of aliphatic hydroxyl groups excluding tert-OH is 9. The van der Waals surface area contributed by atoms with Crippen LogP contribution in [0.25, 0.3) is 0 Å². The highest BCUT2D eigenvalue weighted by atomic mass is 31.2. The maximum absolute atomic E-state index is 15.0. The summed E-state index contributed by atoms with van der Waals surface area (Å²) in [7, 11) is -10.5. The molecule has 3 saturated carbocycles. The van der Waals surface area contributed by atoms with Crippen molar-refractivity contribution in [2.24, 2.45) is 39.4 Å². The van der Waals surface area contributed by atoms with Crippen LogP contribution in [0.5, 0.6) is 0 Å². The van der Waals surface area contributed by atoms with Crippen molar-refractivity contribution in [2.45, 2.75) is 179 Å². The molecule has 4 aliphatic carbocycles. The zero-order chi connectivity index (χ0) is 50.6. The van der Waals surface area contributed by atoms with E-state index < -0.39 is 171 Å². The molecular formula is C42H68O23P2. The number of fused-ring (bicyclic) bond motifs is 5. The van der Waals surface area contributed by atoms with Crippen molar-refractivity contribution in [1.29, 1.82) is 0 Å². The molecule has 23 nitrogen and oxygen atoms in total. The minimum Gasteiger partial charge on any atom is -0.394 e. The van der Waals surface area contributed by atoms with Crippen LogP contribution in [0.4, 0.5) is 0 Å². The predicted octanol–water partition coefficient (Wildman–Crippen LogP) is -0.965. The SMILES string of the molecule is CC(C)(CCC(=O)[C@](C)(O)[C@H]1[C@H](O)C[C@@]2(C)[C@@H]3CC=C4[C@@H](C[C@H](OP(=O)(O)O[C@@H]5O[C@H](CO)[C@@H](O)[C@H](O)[C@H]5O)C(=O)C4(C)C)[C@]3(C)C(=O)C[C@]12C)OP(=O)(O)O[C@@H]1O[C@H](CO)[C@@H](O)[C@H](O)[C@H]1O. The fraction of sp³-hybridized carbons (Fsp3) is 0.881. The standard InChI is InChI=1S/C42H68O23P2/c1-37(2,65-67(58,59)64-36-32(53)30(51)28(49)23(17-44)61-36)12-11-25(46)42(8,55)33-20(45)14-39(5)24-10-9-18-19(41(24,7)26(47)15-40(33,39)6)13-21(34(54)38(18,3)4)62-66(56,57)63-35-31(52)29(50)27(48)22(16-43)60-35/h9,19-24,27-33,35-36,43-45,48-53,55H,10-17H2,1-8H3,(H,56,57)(H,58,59)/t19-,20-,21+,22-,23-,24+,27-,28-,29+,30+,31-,32-,33+,35+,36+,39+,40-,41+,42+/m1/s1. The Morgan fingerprint density at radius 3 is 1.79 bits per heavy atom. The summed E-state index contributed by atoms with van der Waals surface area (Å²) in [5, 5.41) is 104. The van der Waals surface area contributed by atoms with E-state index in [1.54, 1.807) is 27.7 Å². The van der Waals surface area contributed by atoms with Gasteiger partial charge in [0.05, 0.1) is 24.9 Å². The number of carbonyl (C=O) groups is 3.